The number of sulfonamides is 1. The summed E-state index contributed by atoms with van der Waals surface area (Å²) in [6.45, 7) is 1.77. The van der Waals surface area contributed by atoms with Gasteiger partial charge >= 0.3 is 0 Å². The highest BCUT2D eigenvalue weighted by Gasteiger charge is 2.19. The van der Waals surface area contributed by atoms with Crippen molar-refractivity contribution in [3.05, 3.63) is 47.4 Å². The summed E-state index contributed by atoms with van der Waals surface area (Å²) in [4.78, 5) is 0.0968. The van der Waals surface area contributed by atoms with Crippen molar-refractivity contribution in [1.29, 1.82) is 0 Å². The maximum absolute atomic E-state index is 12.3. The monoisotopic (exact) mass is 329 g/mol. The molecule has 1 aromatic heterocycles. The van der Waals surface area contributed by atoms with Gasteiger partial charge in [-0.05, 0) is 37.3 Å². The second-order valence-corrected chi connectivity index (χ2v) is 6.72. The molecule has 7 heteroatoms. The second kappa shape index (κ2) is 6.51. The van der Waals surface area contributed by atoms with E-state index in [1.54, 1.807) is 25.3 Å². The summed E-state index contributed by atoms with van der Waals surface area (Å²) in [5.41, 5.74) is 0. The van der Waals surface area contributed by atoms with Crippen molar-refractivity contribution < 1.29 is 17.6 Å². The van der Waals surface area contributed by atoms with Crippen LogP contribution in [0.3, 0.4) is 0 Å². The first-order valence-corrected chi connectivity index (χ1v) is 8.17. The average molecular weight is 330 g/mol. The minimum Gasteiger partial charge on any atom is -0.495 e. The topological polar surface area (TPSA) is 68.5 Å². The molecule has 0 spiro atoms. The number of nitrogens with one attached hydrogen (secondary N) is 1. The molecule has 114 valence electrons. The molecule has 1 heterocycles. The van der Waals surface area contributed by atoms with Crippen molar-refractivity contribution in [2.45, 2.75) is 24.3 Å². The summed E-state index contributed by atoms with van der Waals surface area (Å²) in [5.74, 6) is 1.15. The highest BCUT2D eigenvalue weighted by molar-refractivity contribution is 7.89. The molecule has 0 unspecified atom stereocenters. The summed E-state index contributed by atoms with van der Waals surface area (Å²) >= 11 is 5.96. The van der Waals surface area contributed by atoms with Crippen LogP contribution in [0, 0.1) is 0 Å². The van der Waals surface area contributed by atoms with Crippen LogP contribution in [0.25, 0.3) is 0 Å². The van der Waals surface area contributed by atoms with E-state index < -0.39 is 10.0 Å². The maximum atomic E-state index is 12.3. The fourth-order valence-corrected chi connectivity index (χ4v) is 3.51. The van der Waals surface area contributed by atoms with Crippen LogP contribution in [0.5, 0.6) is 5.75 Å². The first kappa shape index (κ1) is 15.9. The zero-order valence-corrected chi connectivity index (χ0v) is 13.2. The smallest absolute Gasteiger partial charge is 0.240 e. The first-order valence-electron chi connectivity index (χ1n) is 6.30. The zero-order chi connectivity index (χ0) is 15.5. The van der Waals surface area contributed by atoms with Gasteiger partial charge in [-0.25, -0.2) is 13.1 Å². The normalized spacial score (nSPS) is 13.1. The molecule has 0 radical (unpaired) electrons. The molecule has 2 rings (SSSR count). The largest absolute Gasteiger partial charge is 0.495 e. The van der Waals surface area contributed by atoms with Crippen LogP contribution >= 0.6 is 11.6 Å². The highest BCUT2D eigenvalue weighted by Crippen LogP contribution is 2.27. The van der Waals surface area contributed by atoms with Crippen LogP contribution in [0.4, 0.5) is 0 Å². The lowest BCUT2D eigenvalue weighted by atomic mass is 10.2. The van der Waals surface area contributed by atoms with Crippen molar-refractivity contribution in [3.8, 4) is 5.75 Å². The van der Waals surface area contributed by atoms with Gasteiger partial charge < -0.3 is 9.15 Å². The van der Waals surface area contributed by atoms with Gasteiger partial charge in [-0.1, -0.05) is 11.6 Å². The second-order valence-electron chi connectivity index (χ2n) is 4.60. The number of hydrogen-bond acceptors (Lipinski definition) is 4. The van der Waals surface area contributed by atoms with Gasteiger partial charge in [0.15, 0.2) is 0 Å². The number of methoxy groups -OCH3 is 1. The molecule has 0 aliphatic heterocycles. The molecule has 0 aliphatic rings. The molecule has 0 amide bonds. The lowest BCUT2D eigenvalue weighted by Crippen LogP contribution is -2.34. The van der Waals surface area contributed by atoms with E-state index in [-0.39, 0.29) is 16.0 Å². The summed E-state index contributed by atoms with van der Waals surface area (Å²) in [5, 5.41) is 0.249. The molecule has 2 aromatic rings. The molecule has 0 bridgehead atoms. The molecular formula is C14H16ClNO4S. The molecule has 1 aromatic carbocycles. The number of rotatable bonds is 6. The number of furan rings is 1. The van der Waals surface area contributed by atoms with Crippen LogP contribution < -0.4 is 9.46 Å². The van der Waals surface area contributed by atoms with Crippen molar-refractivity contribution in [1.82, 2.24) is 4.72 Å². The van der Waals surface area contributed by atoms with Crippen LogP contribution in [-0.2, 0) is 16.4 Å². The third-order valence-corrected chi connectivity index (χ3v) is 4.76. The van der Waals surface area contributed by atoms with Gasteiger partial charge in [0, 0.05) is 12.5 Å². The Balaban J connectivity index is 2.12. The van der Waals surface area contributed by atoms with E-state index in [4.69, 9.17) is 20.8 Å². The molecule has 1 N–H and O–H groups in total. The minimum absolute atomic E-state index is 0.0968. The average Bonchev–Trinajstić information content (AvgIpc) is 2.90. The molecule has 0 fully saturated rings. The van der Waals surface area contributed by atoms with Gasteiger partial charge in [0.05, 0.1) is 23.3 Å². The lowest BCUT2D eigenvalue weighted by Gasteiger charge is -2.14. The highest BCUT2D eigenvalue weighted by atomic mass is 35.5. The summed E-state index contributed by atoms with van der Waals surface area (Å²) in [6.07, 6.45) is 2.02. The van der Waals surface area contributed by atoms with E-state index in [0.29, 0.717) is 12.2 Å². The molecule has 0 saturated carbocycles. The number of halogens is 1. The van der Waals surface area contributed by atoms with Gasteiger partial charge in [0.2, 0.25) is 10.0 Å². The molecular weight excluding hydrogens is 314 g/mol. The third-order valence-electron chi connectivity index (χ3n) is 2.88. The van der Waals surface area contributed by atoms with Crippen LogP contribution in [0.15, 0.2) is 45.9 Å². The van der Waals surface area contributed by atoms with Crippen molar-refractivity contribution >= 4 is 21.6 Å². The van der Waals surface area contributed by atoms with E-state index in [0.717, 1.165) is 5.76 Å². The summed E-state index contributed by atoms with van der Waals surface area (Å²) in [7, 11) is -2.17. The van der Waals surface area contributed by atoms with Crippen LogP contribution in [0.2, 0.25) is 5.02 Å². The van der Waals surface area contributed by atoms with Crippen molar-refractivity contribution in [2.75, 3.05) is 7.11 Å². The van der Waals surface area contributed by atoms with Crippen molar-refractivity contribution in [2.24, 2.45) is 0 Å². The lowest BCUT2D eigenvalue weighted by molar-refractivity contribution is 0.414. The minimum atomic E-state index is -3.64. The fourth-order valence-electron chi connectivity index (χ4n) is 1.92. The van der Waals surface area contributed by atoms with Crippen LogP contribution in [-0.4, -0.2) is 21.6 Å². The predicted octanol–water partition coefficient (Wildman–Crippen LogP) is 2.85. The Labute approximate surface area is 128 Å². The maximum Gasteiger partial charge on any atom is 0.240 e. The summed E-state index contributed by atoms with van der Waals surface area (Å²) < 4.78 is 37.4. The van der Waals surface area contributed by atoms with Gasteiger partial charge in [-0.15, -0.1) is 0 Å². The van der Waals surface area contributed by atoms with Gasteiger partial charge in [0.25, 0.3) is 0 Å². The Kier molecular flexibility index (Phi) is 4.92. The number of ether oxygens (including phenoxy) is 1. The predicted molar refractivity (Wildman–Crippen MR) is 80.2 cm³/mol. The number of hydrogen-bond donors (Lipinski definition) is 1. The van der Waals surface area contributed by atoms with Crippen molar-refractivity contribution in [3.63, 3.8) is 0 Å². The molecule has 0 saturated heterocycles. The van der Waals surface area contributed by atoms with E-state index in [9.17, 15) is 8.42 Å². The molecule has 0 aliphatic carbocycles. The van der Waals surface area contributed by atoms with E-state index in [1.165, 1.54) is 25.3 Å². The summed E-state index contributed by atoms with van der Waals surface area (Å²) in [6, 6.07) is 7.60. The van der Waals surface area contributed by atoms with E-state index in [1.807, 2.05) is 0 Å². The standard InChI is InChI=1S/C14H16ClNO4S/c1-10(8-11-4-3-7-20-11)16-21(17,18)12-5-6-14(19-2)13(15)9-12/h3-7,9-10,16H,8H2,1-2H3/t10-/m0/s1. The Hall–Kier alpha value is -1.50. The Morgan fingerprint density at radius 1 is 1.38 bits per heavy atom. The molecule has 5 nitrogen and oxygen atoms in total. The molecule has 1 atom stereocenters. The van der Waals surface area contributed by atoms with E-state index >= 15 is 0 Å². The fraction of sp³-hybridized carbons (Fsp3) is 0.286. The van der Waals surface area contributed by atoms with Gasteiger partial charge in [-0.2, -0.15) is 0 Å². The third kappa shape index (κ3) is 4.00. The zero-order valence-electron chi connectivity index (χ0n) is 11.7. The first-order chi connectivity index (χ1) is 9.92. The quantitative estimate of drug-likeness (QED) is 0.884. The Morgan fingerprint density at radius 3 is 2.71 bits per heavy atom. The van der Waals surface area contributed by atoms with E-state index in [2.05, 4.69) is 4.72 Å². The molecule has 21 heavy (non-hydrogen) atoms. The Morgan fingerprint density at radius 2 is 2.14 bits per heavy atom. The number of benzene rings is 1. The van der Waals surface area contributed by atoms with Crippen LogP contribution in [0.1, 0.15) is 12.7 Å². The van der Waals surface area contributed by atoms with Gasteiger partial charge in [-0.3, -0.25) is 0 Å². The van der Waals surface area contributed by atoms with Gasteiger partial charge in [0.1, 0.15) is 11.5 Å². The SMILES string of the molecule is COc1ccc(S(=O)(=O)N[C@@H](C)Cc2ccco2)cc1Cl. The Bertz CT molecular complexity index is 698.